The van der Waals surface area contributed by atoms with Crippen molar-refractivity contribution in [2.24, 2.45) is 0 Å². The summed E-state index contributed by atoms with van der Waals surface area (Å²) in [6.07, 6.45) is 4.86. The number of amides is 1. The van der Waals surface area contributed by atoms with E-state index in [1.54, 1.807) is 0 Å². The fraction of sp³-hybridized carbons (Fsp3) is 0.417. The Bertz CT molecular complexity index is 1270. The maximum atomic E-state index is 12.6. The molecule has 4 heterocycles. The fourth-order valence-corrected chi connectivity index (χ4v) is 5.26. The van der Waals surface area contributed by atoms with E-state index < -0.39 is 0 Å². The highest BCUT2D eigenvalue weighted by Crippen LogP contribution is 2.23. The third-order valence-corrected chi connectivity index (χ3v) is 7.06. The first-order valence-corrected chi connectivity index (χ1v) is 12.2. The Balaban J connectivity index is 1.24. The lowest BCUT2D eigenvalue weighted by Crippen LogP contribution is -2.29. The number of likely N-dealkylation sites (tertiary alicyclic amines) is 1. The second-order valence-electron chi connectivity index (χ2n) is 8.54. The van der Waals surface area contributed by atoms with Crippen molar-refractivity contribution in [3.63, 3.8) is 0 Å². The summed E-state index contributed by atoms with van der Waals surface area (Å²) in [5.74, 6) is -0.0200. The molecule has 1 amide bonds. The van der Waals surface area contributed by atoms with Crippen LogP contribution >= 0.6 is 11.3 Å². The van der Waals surface area contributed by atoms with Gasteiger partial charge in [0.1, 0.15) is 0 Å². The van der Waals surface area contributed by atoms with Crippen molar-refractivity contribution in [2.75, 3.05) is 18.4 Å². The molecule has 0 spiro atoms. The second-order valence-corrected chi connectivity index (χ2v) is 9.40. The van der Waals surface area contributed by atoms with Crippen molar-refractivity contribution in [1.82, 2.24) is 24.5 Å². The summed E-state index contributed by atoms with van der Waals surface area (Å²) in [5.41, 5.74) is 5.90. The maximum Gasteiger partial charge on any atom is 0.226 e. The molecule has 0 radical (unpaired) electrons. The lowest BCUT2D eigenvalue weighted by atomic mass is 10.1. The first kappa shape index (κ1) is 21.0. The normalized spacial score (nSPS) is 14.9. The van der Waals surface area contributed by atoms with E-state index in [-0.39, 0.29) is 5.91 Å². The molecule has 1 fully saturated rings. The molecule has 1 aliphatic heterocycles. The van der Waals surface area contributed by atoms with Crippen molar-refractivity contribution in [3.05, 3.63) is 52.3 Å². The number of carbonyl (C=O) groups is 1. The van der Waals surface area contributed by atoms with E-state index in [2.05, 4.69) is 27.5 Å². The van der Waals surface area contributed by atoms with Crippen molar-refractivity contribution < 1.29 is 4.79 Å². The highest BCUT2D eigenvalue weighted by Gasteiger charge is 2.16. The summed E-state index contributed by atoms with van der Waals surface area (Å²) in [4.78, 5) is 24.5. The van der Waals surface area contributed by atoms with Gasteiger partial charge in [0.15, 0.2) is 10.8 Å². The molecule has 7 nitrogen and oxygen atoms in total. The molecular weight excluding hydrogens is 420 g/mol. The average molecular weight is 449 g/mol. The van der Waals surface area contributed by atoms with Gasteiger partial charge in [0, 0.05) is 35.1 Å². The fourth-order valence-electron chi connectivity index (χ4n) is 4.54. The number of benzene rings is 1. The maximum absolute atomic E-state index is 12.6. The Morgan fingerprint density at radius 2 is 1.94 bits per heavy atom. The summed E-state index contributed by atoms with van der Waals surface area (Å²) in [7, 11) is 0. The van der Waals surface area contributed by atoms with Gasteiger partial charge in [-0.3, -0.25) is 9.69 Å². The van der Waals surface area contributed by atoms with E-state index in [1.807, 2.05) is 35.7 Å². The lowest BCUT2D eigenvalue weighted by molar-refractivity contribution is -0.116. The number of hydrogen-bond acceptors (Lipinski definition) is 6. The molecule has 3 aromatic heterocycles. The molecule has 0 atom stereocenters. The van der Waals surface area contributed by atoms with E-state index in [0.29, 0.717) is 18.0 Å². The van der Waals surface area contributed by atoms with Gasteiger partial charge in [0.05, 0.1) is 11.2 Å². The molecule has 0 bridgehead atoms. The smallest absolute Gasteiger partial charge is 0.226 e. The molecule has 32 heavy (non-hydrogen) atoms. The Kier molecular flexibility index (Phi) is 5.89. The number of hydrogen-bond donors (Lipinski definition) is 1. The van der Waals surface area contributed by atoms with E-state index >= 15 is 0 Å². The van der Waals surface area contributed by atoms with E-state index in [4.69, 9.17) is 10.1 Å². The predicted octanol–water partition coefficient (Wildman–Crippen LogP) is 4.51. The zero-order chi connectivity index (χ0) is 22.1. The predicted molar refractivity (Wildman–Crippen MR) is 128 cm³/mol. The Morgan fingerprint density at radius 1 is 1.12 bits per heavy atom. The van der Waals surface area contributed by atoms with Crippen LogP contribution in [0.5, 0.6) is 0 Å². The molecule has 0 aliphatic carbocycles. The molecule has 8 heteroatoms. The summed E-state index contributed by atoms with van der Waals surface area (Å²) in [6, 6.07) is 8.04. The molecule has 1 aromatic carbocycles. The first-order valence-electron chi connectivity index (χ1n) is 11.3. The molecule has 4 aromatic rings. The Morgan fingerprint density at radius 3 is 2.78 bits per heavy atom. The van der Waals surface area contributed by atoms with Gasteiger partial charge in [0.2, 0.25) is 5.91 Å². The third-order valence-electron chi connectivity index (χ3n) is 6.25. The van der Waals surface area contributed by atoms with Gasteiger partial charge in [-0.25, -0.2) is 14.5 Å². The SMILES string of the molecule is Cc1nc2c3ccccc3nn2c(C)c1CCC(=O)Nc1nc(CN2CCCCC2)cs1. The minimum atomic E-state index is -0.0200. The largest absolute Gasteiger partial charge is 0.302 e. The average Bonchev–Trinajstić information content (AvgIpc) is 3.38. The molecule has 5 rings (SSSR count). The van der Waals surface area contributed by atoms with Crippen LogP contribution in [0, 0.1) is 13.8 Å². The number of aryl methyl sites for hydroxylation is 2. The number of nitrogens with one attached hydrogen (secondary N) is 1. The van der Waals surface area contributed by atoms with Crippen molar-refractivity contribution >= 4 is 38.9 Å². The highest BCUT2D eigenvalue weighted by atomic mass is 32.1. The monoisotopic (exact) mass is 448 g/mol. The van der Waals surface area contributed by atoms with Gasteiger partial charge in [-0.1, -0.05) is 18.6 Å². The summed E-state index contributed by atoms with van der Waals surface area (Å²) >= 11 is 1.50. The molecule has 166 valence electrons. The summed E-state index contributed by atoms with van der Waals surface area (Å²) in [6.45, 7) is 7.21. The van der Waals surface area contributed by atoms with E-state index in [0.717, 1.165) is 58.8 Å². The van der Waals surface area contributed by atoms with Gasteiger partial charge < -0.3 is 5.32 Å². The Hall–Kier alpha value is -2.84. The van der Waals surface area contributed by atoms with Gasteiger partial charge in [0.25, 0.3) is 0 Å². The van der Waals surface area contributed by atoms with Gasteiger partial charge in [-0.15, -0.1) is 11.3 Å². The minimum Gasteiger partial charge on any atom is -0.302 e. The molecule has 1 aliphatic rings. The van der Waals surface area contributed by atoms with Gasteiger partial charge in [-0.2, -0.15) is 5.10 Å². The van der Waals surface area contributed by atoms with Crippen molar-refractivity contribution in [1.29, 1.82) is 0 Å². The van der Waals surface area contributed by atoms with Gasteiger partial charge in [-0.05, 0) is 63.9 Å². The number of rotatable bonds is 6. The molecular formula is C24H28N6OS. The van der Waals surface area contributed by atoms with Gasteiger partial charge >= 0.3 is 0 Å². The van der Waals surface area contributed by atoms with Crippen LogP contribution in [-0.2, 0) is 17.8 Å². The number of aromatic nitrogens is 4. The van der Waals surface area contributed by atoms with E-state index in [1.165, 1.54) is 30.6 Å². The minimum absolute atomic E-state index is 0.0200. The first-order chi connectivity index (χ1) is 15.6. The highest BCUT2D eigenvalue weighted by molar-refractivity contribution is 7.13. The molecule has 0 saturated carbocycles. The Labute approximate surface area is 191 Å². The molecule has 0 unspecified atom stereocenters. The number of thiazole rings is 1. The number of carbonyl (C=O) groups excluding carboxylic acids is 1. The topological polar surface area (TPSA) is 75.4 Å². The van der Waals surface area contributed by atoms with Crippen LogP contribution in [0.25, 0.3) is 16.6 Å². The number of nitrogens with zero attached hydrogens (tertiary/aromatic N) is 5. The van der Waals surface area contributed by atoms with Crippen molar-refractivity contribution in [3.8, 4) is 0 Å². The number of piperidine rings is 1. The number of fused-ring (bicyclic) bond motifs is 3. The molecule has 1 saturated heterocycles. The zero-order valence-electron chi connectivity index (χ0n) is 18.6. The van der Waals surface area contributed by atoms with Crippen LogP contribution in [0.3, 0.4) is 0 Å². The second kappa shape index (κ2) is 8.96. The van der Waals surface area contributed by atoms with Crippen LogP contribution in [0.15, 0.2) is 29.6 Å². The standard InChI is InChI=1S/C24H28N6OS/c1-16-19(17(2)30-23(25-16)20-8-4-5-9-21(20)28-30)10-11-22(31)27-24-26-18(15-32-24)14-29-12-6-3-7-13-29/h4-5,8-9,15H,3,6-7,10-14H2,1-2H3,(H,26,27,31). The quantitative estimate of drug-likeness (QED) is 0.470. The van der Waals surface area contributed by atoms with Crippen LogP contribution in [0.2, 0.25) is 0 Å². The third kappa shape index (κ3) is 4.25. The van der Waals surface area contributed by atoms with Crippen LogP contribution < -0.4 is 5.32 Å². The van der Waals surface area contributed by atoms with E-state index in [9.17, 15) is 4.79 Å². The summed E-state index contributed by atoms with van der Waals surface area (Å²) < 4.78 is 1.90. The van der Waals surface area contributed by atoms with Crippen LogP contribution in [0.1, 0.15) is 48.3 Å². The lowest BCUT2D eigenvalue weighted by Gasteiger charge is -2.25. The van der Waals surface area contributed by atoms with Crippen molar-refractivity contribution in [2.45, 2.75) is 52.5 Å². The van der Waals surface area contributed by atoms with Crippen LogP contribution in [-0.4, -0.2) is 43.5 Å². The van der Waals surface area contributed by atoms with Crippen LogP contribution in [0.4, 0.5) is 5.13 Å². The molecule has 1 N–H and O–H groups in total. The number of anilines is 1. The summed E-state index contributed by atoms with van der Waals surface area (Å²) in [5, 5.41) is 11.5. The zero-order valence-corrected chi connectivity index (χ0v) is 19.4.